The van der Waals surface area contributed by atoms with Gasteiger partial charge in [0, 0.05) is 13.0 Å². The van der Waals surface area contributed by atoms with Crippen molar-refractivity contribution in [1.29, 1.82) is 0 Å². The average molecular weight is 529 g/mol. The van der Waals surface area contributed by atoms with E-state index in [4.69, 9.17) is 22.3 Å². The number of rotatable bonds is 18. The van der Waals surface area contributed by atoms with Gasteiger partial charge in [0.2, 0.25) is 17.7 Å². The van der Waals surface area contributed by atoms with E-state index in [1.165, 1.54) is 0 Å². The maximum atomic E-state index is 13.1. The summed E-state index contributed by atoms with van der Waals surface area (Å²) < 4.78 is 0. The third-order valence-corrected chi connectivity index (χ3v) is 5.80. The Hall–Kier alpha value is -3.46. The molecule has 0 aliphatic carbocycles. The first-order chi connectivity index (χ1) is 17.5. The summed E-state index contributed by atoms with van der Waals surface area (Å²) in [6, 6.07) is -4.07. The topological polar surface area (TPSA) is 264 Å². The molecule has 1 saturated heterocycles. The van der Waals surface area contributed by atoms with Crippen molar-refractivity contribution in [2.45, 2.75) is 82.0 Å². The molecule has 0 aromatic carbocycles. The van der Waals surface area contributed by atoms with Crippen LogP contribution >= 0.6 is 0 Å². The summed E-state index contributed by atoms with van der Waals surface area (Å²) in [6.45, 7) is 1.24. The Bertz CT molecular complexity index is 813. The van der Waals surface area contributed by atoms with E-state index in [2.05, 4.69) is 26.3 Å². The molecular formula is C22H40N8O7. The van der Waals surface area contributed by atoms with E-state index in [0.29, 0.717) is 38.8 Å². The van der Waals surface area contributed by atoms with E-state index in [9.17, 15) is 29.1 Å². The molecule has 37 heavy (non-hydrogen) atoms. The third kappa shape index (κ3) is 12.9. The minimum absolute atomic E-state index is 0.120. The first-order valence-electron chi connectivity index (χ1n) is 12.4. The summed E-state index contributed by atoms with van der Waals surface area (Å²) in [6.07, 6.45) is 2.32. The number of carbonyl (C=O) groups excluding carboxylic acids is 3. The number of hydrogen-bond acceptors (Lipinski definition) is 8. The summed E-state index contributed by atoms with van der Waals surface area (Å²) in [4.78, 5) is 65.2. The summed E-state index contributed by atoms with van der Waals surface area (Å²) in [5, 5.41) is 29.1. The zero-order chi connectivity index (χ0) is 27.8. The number of nitrogens with two attached hydrogens (primary N) is 3. The largest absolute Gasteiger partial charge is 0.481 e. The van der Waals surface area contributed by atoms with Crippen LogP contribution in [0.3, 0.4) is 0 Å². The average Bonchev–Trinajstić information content (AvgIpc) is 3.37. The van der Waals surface area contributed by atoms with E-state index in [1.54, 1.807) is 0 Å². The van der Waals surface area contributed by atoms with Crippen LogP contribution in [-0.2, 0) is 24.0 Å². The summed E-state index contributed by atoms with van der Waals surface area (Å²) in [7, 11) is 0. The summed E-state index contributed by atoms with van der Waals surface area (Å²) >= 11 is 0. The van der Waals surface area contributed by atoms with Gasteiger partial charge in [0.15, 0.2) is 5.96 Å². The van der Waals surface area contributed by atoms with Crippen LogP contribution in [0.2, 0.25) is 0 Å². The lowest BCUT2D eigenvalue weighted by Gasteiger charge is -2.25. The lowest BCUT2D eigenvalue weighted by atomic mass is 10.1. The Morgan fingerprint density at radius 3 is 2.05 bits per heavy atom. The number of carbonyl (C=O) groups is 5. The van der Waals surface area contributed by atoms with Gasteiger partial charge in [0.05, 0.1) is 6.04 Å². The molecule has 1 fully saturated rings. The SMILES string of the molecule is NCCCCC(NC(=O)C(CCC(=O)O)NC(=O)C(CCCN=C(N)N)NC(=O)C1CCCN1)C(=O)O. The van der Waals surface area contributed by atoms with Gasteiger partial charge in [-0.2, -0.15) is 0 Å². The fourth-order valence-electron chi connectivity index (χ4n) is 3.78. The molecule has 4 unspecified atom stereocenters. The minimum atomic E-state index is -1.33. The van der Waals surface area contributed by atoms with Crippen molar-refractivity contribution in [2.24, 2.45) is 22.2 Å². The fourth-order valence-corrected chi connectivity index (χ4v) is 3.78. The van der Waals surface area contributed by atoms with Crippen molar-refractivity contribution in [3.63, 3.8) is 0 Å². The molecular weight excluding hydrogens is 488 g/mol. The number of carboxylic acids is 2. The van der Waals surface area contributed by atoms with E-state index in [1.807, 2.05) is 0 Å². The monoisotopic (exact) mass is 528 g/mol. The van der Waals surface area contributed by atoms with Gasteiger partial charge in [-0.25, -0.2) is 4.79 Å². The molecule has 1 aliphatic heterocycles. The lowest BCUT2D eigenvalue weighted by molar-refractivity contribution is -0.143. The van der Waals surface area contributed by atoms with Crippen molar-refractivity contribution >= 4 is 35.6 Å². The third-order valence-electron chi connectivity index (χ3n) is 5.80. The predicted octanol–water partition coefficient (Wildman–Crippen LogP) is -2.68. The van der Waals surface area contributed by atoms with Gasteiger partial charge in [-0.3, -0.25) is 24.2 Å². The summed E-state index contributed by atoms with van der Waals surface area (Å²) in [5.41, 5.74) is 16.1. The molecule has 210 valence electrons. The van der Waals surface area contributed by atoms with Gasteiger partial charge in [-0.1, -0.05) is 0 Å². The Balaban J connectivity index is 2.96. The number of aliphatic carboxylic acids is 2. The number of nitrogens with zero attached hydrogens (tertiary/aromatic N) is 1. The number of aliphatic imine (C=N–C) groups is 1. The summed E-state index contributed by atoms with van der Waals surface area (Å²) in [5.74, 6) is -4.50. The Kier molecular flexibility index (Phi) is 14.6. The van der Waals surface area contributed by atoms with Crippen molar-refractivity contribution in [1.82, 2.24) is 21.3 Å². The maximum Gasteiger partial charge on any atom is 0.326 e. The van der Waals surface area contributed by atoms with Crippen LogP contribution in [0.1, 0.15) is 57.8 Å². The predicted molar refractivity (Wildman–Crippen MR) is 134 cm³/mol. The second kappa shape index (κ2) is 17.1. The molecule has 0 aromatic rings. The number of guanidine groups is 1. The highest BCUT2D eigenvalue weighted by Crippen LogP contribution is 2.09. The van der Waals surface area contributed by atoms with Gasteiger partial charge in [0.1, 0.15) is 18.1 Å². The highest BCUT2D eigenvalue weighted by Gasteiger charge is 2.31. The molecule has 0 saturated carbocycles. The zero-order valence-electron chi connectivity index (χ0n) is 20.9. The van der Waals surface area contributed by atoms with Gasteiger partial charge in [-0.15, -0.1) is 0 Å². The van der Waals surface area contributed by atoms with Gasteiger partial charge in [0.25, 0.3) is 0 Å². The first-order valence-corrected chi connectivity index (χ1v) is 12.4. The fraction of sp³-hybridized carbons (Fsp3) is 0.727. The lowest BCUT2D eigenvalue weighted by Crippen LogP contribution is -2.57. The Morgan fingerprint density at radius 2 is 1.51 bits per heavy atom. The molecule has 15 heteroatoms. The van der Waals surface area contributed by atoms with Crippen molar-refractivity contribution in [3.8, 4) is 0 Å². The number of amides is 3. The van der Waals surface area contributed by atoms with Gasteiger partial charge in [-0.05, 0) is 64.5 Å². The number of nitrogens with one attached hydrogen (secondary N) is 4. The quantitative estimate of drug-likeness (QED) is 0.0502. The molecule has 0 radical (unpaired) electrons. The molecule has 15 nitrogen and oxygen atoms in total. The number of carboxylic acid groups (broad SMARTS) is 2. The molecule has 12 N–H and O–H groups in total. The van der Waals surface area contributed by atoms with E-state index in [0.717, 1.165) is 6.42 Å². The number of hydrogen-bond donors (Lipinski definition) is 9. The minimum Gasteiger partial charge on any atom is -0.481 e. The van der Waals surface area contributed by atoms with Crippen molar-refractivity contribution in [2.75, 3.05) is 19.6 Å². The van der Waals surface area contributed by atoms with Crippen LogP contribution in [-0.4, -0.2) is 89.6 Å². The number of unbranched alkanes of at least 4 members (excludes halogenated alkanes) is 1. The highest BCUT2D eigenvalue weighted by molar-refractivity contribution is 5.94. The van der Waals surface area contributed by atoms with Gasteiger partial charge < -0.3 is 48.7 Å². The second-order valence-corrected chi connectivity index (χ2v) is 8.84. The molecule has 1 rings (SSSR count). The van der Waals surface area contributed by atoms with Crippen molar-refractivity contribution in [3.05, 3.63) is 0 Å². The highest BCUT2D eigenvalue weighted by atomic mass is 16.4. The van der Waals surface area contributed by atoms with Crippen molar-refractivity contribution < 1.29 is 34.2 Å². The normalized spacial score (nSPS) is 17.2. The molecule has 0 aromatic heterocycles. The Labute approximate surface area is 215 Å². The Morgan fingerprint density at radius 1 is 0.892 bits per heavy atom. The van der Waals surface area contributed by atoms with E-state index < -0.39 is 54.3 Å². The first kappa shape index (κ1) is 31.6. The smallest absolute Gasteiger partial charge is 0.326 e. The molecule has 1 aliphatic rings. The van der Waals surface area contributed by atoms with E-state index >= 15 is 0 Å². The standard InChI is InChI=1S/C22H40N8O7/c23-10-2-1-5-16(21(36)37)30-20(35)15(8-9-17(31)32)29-19(34)14(7-4-12-27-22(24)25)28-18(33)13-6-3-11-26-13/h13-16,26H,1-12,23H2,(H,28,33)(H,29,34)(H,30,35)(H,31,32)(H,36,37)(H4,24,25,27). The molecule has 0 spiro atoms. The van der Waals surface area contributed by atoms with Gasteiger partial charge >= 0.3 is 11.9 Å². The van der Waals surface area contributed by atoms with Crippen LogP contribution in [0.25, 0.3) is 0 Å². The van der Waals surface area contributed by atoms with Crippen LogP contribution in [0.5, 0.6) is 0 Å². The molecule has 3 amide bonds. The molecule has 1 heterocycles. The second-order valence-electron chi connectivity index (χ2n) is 8.84. The molecule has 4 atom stereocenters. The van der Waals surface area contributed by atoms with Crippen LogP contribution in [0, 0.1) is 0 Å². The maximum absolute atomic E-state index is 13.1. The van der Waals surface area contributed by atoms with Crippen LogP contribution in [0.4, 0.5) is 0 Å². The van der Waals surface area contributed by atoms with Crippen LogP contribution < -0.4 is 38.5 Å². The van der Waals surface area contributed by atoms with E-state index in [-0.39, 0.29) is 37.7 Å². The van der Waals surface area contributed by atoms with Crippen LogP contribution in [0.15, 0.2) is 4.99 Å². The zero-order valence-corrected chi connectivity index (χ0v) is 20.9. The molecule has 0 bridgehead atoms.